The number of anilines is 1. The molecule has 0 radical (unpaired) electrons. The molecular weight excluding hydrogens is 512 g/mol. The monoisotopic (exact) mass is 544 g/mol. The van der Waals surface area contributed by atoms with Crippen molar-refractivity contribution in [1.82, 2.24) is 18.7 Å². The first kappa shape index (κ1) is 27.0. The Morgan fingerprint density at radius 3 is 2.58 bits per heavy atom. The number of ether oxygens (including phenoxy) is 2. The molecule has 1 fully saturated rings. The van der Waals surface area contributed by atoms with Gasteiger partial charge in [-0.15, -0.1) is 5.92 Å². The Kier molecular flexibility index (Phi) is 7.62. The number of benzene rings is 2. The SMILES string of the molecule is CC#CCn1c(N2CCCC(N)C2)nc2c1c(=O)n(Cc1ccc(OC)c3ccccc13)c(=O)n2CC(=O)OC. The highest BCUT2D eigenvalue weighted by atomic mass is 16.5. The third-order valence-electron chi connectivity index (χ3n) is 7.29. The molecule has 2 aromatic carbocycles. The second-order valence-electron chi connectivity index (χ2n) is 9.75. The zero-order valence-electron chi connectivity index (χ0n) is 22.8. The van der Waals surface area contributed by atoms with E-state index in [4.69, 9.17) is 20.2 Å². The van der Waals surface area contributed by atoms with E-state index in [0.717, 1.165) is 33.7 Å². The van der Waals surface area contributed by atoms with Gasteiger partial charge in [0.1, 0.15) is 12.3 Å². The Morgan fingerprint density at radius 1 is 1.10 bits per heavy atom. The lowest BCUT2D eigenvalue weighted by Gasteiger charge is -2.31. The molecule has 1 aliphatic heterocycles. The van der Waals surface area contributed by atoms with Gasteiger partial charge >= 0.3 is 11.7 Å². The van der Waals surface area contributed by atoms with Crippen LogP contribution in [0.4, 0.5) is 5.95 Å². The lowest BCUT2D eigenvalue weighted by Crippen LogP contribution is -2.44. The van der Waals surface area contributed by atoms with Crippen LogP contribution in [0.3, 0.4) is 0 Å². The zero-order chi connectivity index (χ0) is 28.4. The Balaban J connectivity index is 1.77. The summed E-state index contributed by atoms with van der Waals surface area (Å²) in [6.45, 7) is 2.74. The molecule has 0 saturated carbocycles. The predicted octanol–water partition coefficient (Wildman–Crippen LogP) is 1.69. The number of carbonyl (C=O) groups excluding carboxylic acids is 1. The fraction of sp³-hybridized carbons (Fsp3) is 0.379. The molecule has 1 atom stereocenters. The summed E-state index contributed by atoms with van der Waals surface area (Å²) in [5, 5.41) is 1.71. The molecule has 0 aliphatic carbocycles. The van der Waals surface area contributed by atoms with Crippen molar-refractivity contribution in [3.63, 3.8) is 0 Å². The molecule has 0 bridgehead atoms. The molecule has 2 aromatic heterocycles. The van der Waals surface area contributed by atoms with Crippen molar-refractivity contribution < 1.29 is 14.3 Å². The normalized spacial score (nSPS) is 15.2. The van der Waals surface area contributed by atoms with Gasteiger partial charge in [0.2, 0.25) is 5.95 Å². The van der Waals surface area contributed by atoms with E-state index >= 15 is 0 Å². The van der Waals surface area contributed by atoms with Crippen LogP contribution in [0.15, 0.2) is 46.0 Å². The smallest absolute Gasteiger partial charge is 0.333 e. The number of methoxy groups -OCH3 is 2. The summed E-state index contributed by atoms with van der Waals surface area (Å²) in [5.41, 5.74) is 6.14. The van der Waals surface area contributed by atoms with Crippen molar-refractivity contribution in [2.24, 2.45) is 5.73 Å². The number of aromatic nitrogens is 4. The number of fused-ring (bicyclic) bond motifs is 2. The maximum atomic E-state index is 14.1. The van der Waals surface area contributed by atoms with E-state index in [1.54, 1.807) is 18.6 Å². The van der Waals surface area contributed by atoms with E-state index in [1.165, 1.54) is 11.7 Å². The van der Waals surface area contributed by atoms with Crippen LogP contribution in [0.1, 0.15) is 25.3 Å². The van der Waals surface area contributed by atoms with E-state index in [9.17, 15) is 14.4 Å². The summed E-state index contributed by atoms with van der Waals surface area (Å²) in [4.78, 5) is 47.2. The number of hydrogen-bond acceptors (Lipinski definition) is 8. The number of nitrogens with zero attached hydrogens (tertiary/aromatic N) is 5. The van der Waals surface area contributed by atoms with Crippen LogP contribution in [0.2, 0.25) is 0 Å². The molecule has 1 unspecified atom stereocenters. The lowest BCUT2D eigenvalue weighted by atomic mass is 10.0. The molecule has 11 nitrogen and oxygen atoms in total. The summed E-state index contributed by atoms with van der Waals surface area (Å²) in [6, 6.07) is 11.2. The second kappa shape index (κ2) is 11.3. The van der Waals surface area contributed by atoms with Gasteiger partial charge < -0.3 is 20.1 Å². The van der Waals surface area contributed by atoms with Gasteiger partial charge in [-0.05, 0) is 36.8 Å². The highest BCUT2D eigenvalue weighted by Gasteiger charge is 2.27. The molecular formula is C29H32N6O5. The minimum atomic E-state index is -0.657. The van der Waals surface area contributed by atoms with Crippen molar-refractivity contribution in [2.45, 2.75) is 45.4 Å². The van der Waals surface area contributed by atoms with Gasteiger partial charge in [0.05, 0.1) is 27.3 Å². The molecule has 2 N–H and O–H groups in total. The Morgan fingerprint density at radius 2 is 1.88 bits per heavy atom. The van der Waals surface area contributed by atoms with Crippen molar-refractivity contribution in [3.8, 4) is 17.6 Å². The van der Waals surface area contributed by atoms with Crippen molar-refractivity contribution in [3.05, 3.63) is 62.8 Å². The highest BCUT2D eigenvalue weighted by molar-refractivity contribution is 5.91. The van der Waals surface area contributed by atoms with E-state index in [1.807, 2.05) is 41.3 Å². The van der Waals surface area contributed by atoms with Crippen molar-refractivity contribution in [1.29, 1.82) is 0 Å². The van der Waals surface area contributed by atoms with E-state index < -0.39 is 23.8 Å². The van der Waals surface area contributed by atoms with E-state index in [0.29, 0.717) is 24.8 Å². The molecule has 4 aromatic rings. The minimum absolute atomic E-state index is 0.0200. The van der Waals surface area contributed by atoms with Gasteiger partial charge in [-0.1, -0.05) is 36.3 Å². The average Bonchev–Trinajstić information content (AvgIpc) is 3.35. The number of rotatable bonds is 7. The fourth-order valence-corrected chi connectivity index (χ4v) is 5.32. The van der Waals surface area contributed by atoms with E-state index in [2.05, 4.69) is 11.8 Å². The zero-order valence-corrected chi connectivity index (χ0v) is 22.8. The first-order valence-electron chi connectivity index (χ1n) is 13.1. The number of esters is 1. The second-order valence-corrected chi connectivity index (χ2v) is 9.75. The molecule has 3 heterocycles. The van der Waals surface area contributed by atoms with Crippen LogP contribution in [0.25, 0.3) is 21.9 Å². The van der Waals surface area contributed by atoms with Crippen LogP contribution in [0, 0.1) is 11.8 Å². The molecule has 0 spiro atoms. The maximum Gasteiger partial charge on any atom is 0.333 e. The van der Waals surface area contributed by atoms with Gasteiger partial charge in [0, 0.05) is 24.5 Å². The standard InChI is InChI=1S/C29H32N6O5/c1-4-5-15-33-25-26(31-28(33)32-14-8-9-20(30)17-32)34(18-24(36)40-3)29(38)35(27(25)37)16-19-12-13-23(39-2)22-11-7-6-10-21(19)22/h6-7,10-13,20H,8-9,14-18,30H2,1-3H3. The van der Waals surface area contributed by atoms with Crippen LogP contribution in [-0.2, 0) is 29.2 Å². The van der Waals surface area contributed by atoms with Crippen LogP contribution >= 0.6 is 0 Å². The topological polar surface area (TPSA) is 127 Å². The quantitative estimate of drug-likeness (QED) is 0.275. The Hall–Kier alpha value is -4.56. The fourth-order valence-electron chi connectivity index (χ4n) is 5.32. The van der Waals surface area contributed by atoms with Gasteiger partial charge in [-0.2, -0.15) is 4.98 Å². The van der Waals surface area contributed by atoms with Gasteiger partial charge in [0.25, 0.3) is 5.56 Å². The minimum Gasteiger partial charge on any atom is -0.496 e. The first-order valence-corrected chi connectivity index (χ1v) is 13.1. The van der Waals surface area contributed by atoms with Crippen molar-refractivity contribution >= 4 is 33.9 Å². The molecule has 0 amide bonds. The number of nitrogens with two attached hydrogens (primary N) is 1. The lowest BCUT2D eigenvalue weighted by molar-refractivity contribution is -0.141. The molecule has 40 heavy (non-hydrogen) atoms. The Labute approximate surface area is 230 Å². The number of hydrogen-bond donors (Lipinski definition) is 1. The number of imidazole rings is 1. The highest BCUT2D eigenvalue weighted by Crippen LogP contribution is 2.29. The van der Waals surface area contributed by atoms with E-state index in [-0.39, 0.29) is 30.3 Å². The number of piperidine rings is 1. The third-order valence-corrected chi connectivity index (χ3v) is 7.29. The van der Waals surface area contributed by atoms with Crippen LogP contribution in [-0.4, -0.2) is 58.0 Å². The maximum absolute atomic E-state index is 14.1. The molecule has 11 heteroatoms. The summed E-state index contributed by atoms with van der Waals surface area (Å²) < 4.78 is 14.5. The molecule has 5 rings (SSSR count). The van der Waals surface area contributed by atoms with Gasteiger partial charge in [-0.25, -0.2) is 4.79 Å². The predicted molar refractivity (Wildman–Crippen MR) is 153 cm³/mol. The van der Waals surface area contributed by atoms with Gasteiger partial charge in [-0.3, -0.25) is 23.3 Å². The summed E-state index contributed by atoms with van der Waals surface area (Å²) >= 11 is 0. The van der Waals surface area contributed by atoms with Crippen LogP contribution < -0.4 is 26.6 Å². The summed E-state index contributed by atoms with van der Waals surface area (Å²) in [5.74, 6) is 6.45. The van der Waals surface area contributed by atoms with Gasteiger partial charge in [0.15, 0.2) is 11.2 Å². The molecule has 208 valence electrons. The summed E-state index contributed by atoms with van der Waals surface area (Å²) in [6.07, 6.45) is 1.76. The first-order chi connectivity index (χ1) is 19.4. The Bertz CT molecular complexity index is 1770. The average molecular weight is 545 g/mol. The largest absolute Gasteiger partial charge is 0.496 e. The summed E-state index contributed by atoms with van der Waals surface area (Å²) in [7, 11) is 2.85. The third kappa shape index (κ3) is 4.82. The molecule has 1 aliphatic rings. The molecule has 1 saturated heterocycles. The number of carbonyl (C=O) groups is 1. The van der Waals surface area contributed by atoms with Crippen molar-refractivity contribution in [2.75, 3.05) is 32.2 Å². The van der Waals surface area contributed by atoms with Crippen LogP contribution in [0.5, 0.6) is 5.75 Å².